The Hall–Kier alpha value is -1.86. The van der Waals surface area contributed by atoms with E-state index in [1.165, 1.54) is 6.08 Å². The fourth-order valence-electron chi connectivity index (χ4n) is 3.05. The predicted octanol–water partition coefficient (Wildman–Crippen LogP) is 2.07. The van der Waals surface area contributed by atoms with Crippen molar-refractivity contribution >= 4 is 39.4 Å². The number of rotatable bonds is 6. The predicted molar refractivity (Wildman–Crippen MR) is 98.4 cm³/mol. The molecular formula is C18H20ClNO5S. The van der Waals surface area contributed by atoms with Gasteiger partial charge in [0.1, 0.15) is 0 Å². The zero-order valence-corrected chi connectivity index (χ0v) is 15.7. The average molecular weight is 398 g/mol. The maximum absolute atomic E-state index is 12.5. The second-order valence-electron chi connectivity index (χ2n) is 6.58. The second kappa shape index (κ2) is 7.80. The van der Waals surface area contributed by atoms with Gasteiger partial charge in [-0.2, -0.15) is 0 Å². The van der Waals surface area contributed by atoms with Crippen molar-refractivity contribution in [2.75, 3.05) is 18.1 Å². The largest absolute Gasteiger partial charge is 0.452 e. The molecule has 6 nitrogen and oxygen atoms in total. The van der Waals surface area contributed by atoms with Gasteiger partial charge in [-0.25, -0.2) is 13.2 Å². The van der Waals surface area contributed by atoms with Gasteiger partial charge in [0.15, 0.2) is 16.4 Å². The Balaban J connectivity index is 1.53. The highest BCUT2D eigenvalue weighted by atomic mass is 35.5. The van der Waals surface area contributed by atoms with E-state index < -0.39 is 15.8 Å². The third-order valence-electron chi connectivity index (χ3n) is 4.45. The van der Waals surface area contributed by atoms with Crippen molar-refractivity contribution in [3.05, 3.63) is 40.9 Å². The number of amides is 1. The number of esters is 1. The molecule has 0 spiro atoms. The molecule has 0 unspecified atom stereocenters. The minimum absolute atomic E-state index is 0.000341. The number of ether oxygens (including phenoxy) is 1. The Bertz CT molecular complexity index is 814. The van der Waals surface area contributed by atoms with Crippen molar-refractivity contribution < 1.29 is 22.7 Å². The molecular weight excluding hydrogens is 378 g/mol. The molecule has 0 aromatic heterocycles. The summed E-state index contributed by atoms with van der Waals surface area (Å²) >= 11 is 5.80. The highest BCUT2D eigenvalue weighted by Gasteiger charge is 2.42. The van der Waals surface area contributed by atoms with Crippen LogP contribution in [0.15, 0.2) is 30.3 Å². The first-order valence-electron chi connectivity index (χ1n) is 8.46. The van der Waals surface area contributed by atoms with E-state index in [2.05, 4.69) is 0 Å². The molecule has 1 saturated heterocycles. The van der Waals surface area contributed by atoms with E-state index in [1.54, 1.807) is 35.2 Å². The Morgan fingerprint density at radius 3 is 2.42 bits per heavy atom. The minimum Gasteiger partial charge on any atom is -0.452 e. The fourth-order valence-corrected chi connectivity index (χ4v) is 4.88. The van der Waals surface area contributed by atoms with E-state index in [0.717, 1.165) is 18.4 Å². The zero-order valence-electron chi connectivity index (χ0n) is 14.1. The molecule has 8 heteroatoms. The Morgan fingerprint density at radius 2 is 1.85 bits per heavy atom. The van der Waals surface area contributed by atoms with Crippen molar-refractivity contribution in [2.45, 2.75) is 31.3 Å². The topological polar surface area (TPSA) is 80.8 Å². The van der Waals surface area contributed by atoms with Crippen LogP contribution in [0, 0.1) is 0 Å². The molecule has 0 radical (unpaired) electrons. The summed E-state index contributed by atoms with van der Waals surface area (Å²) in [7, 11) is -3.08. The molecule has 1 saturated carbocycles. The van der Waals surface area contributed by atoms with Crippen molar-refractivity contribution in [3.8, 4) is 0 Å². The summed E-state index contributed by atoms with van der Waals surface area (Å²) in [4.78, 5) is 25.9. The number of hydrogen-bond donors (Lipinski definition) is 0. The van der Waals surface area contributed by atoms with E-state index >= 15 is 0 Å². The molecule has 2 fully saturated rings. The highest BCUT2D eigenvalue weighted by Crippen LogP contribution is 2.32. The normalized spacial score (nSPS) is 21.7. The maximum atomic E-state index is 12.5. The van der Waals surface area contributed by atoms with Crippen LogP contribution in [0.3, 0.4) is 0 Å². The first kappa shape index (κ1) is 18.9. The molecule has 2 aliphatic rings. The monoisotopic (exact) mass is 397 g/mol. The quantitative estimate of drug-likeness (QED) is 0.542. The summed E-state index contributed by atoms with van der Waals surface area (Å²) in [6, 6.07) is 6.70. The van der Waals surface area contributed by atoms with Crippen LogP contribution in [-0.4, -0.2) is 55.4 Å². The van der Waals surface area contributed by atoms with Crippen LogP contribution < -0.4 is 0 Å². The van der Waals surface area contributed by atoms with Crippen LogP contribution in [0.2, 0.25) is 5.02 Å². The van der Waals surface area contributed by atoms with Gasteiger partial charge in [0, 0.05) is 23.2 Å². The molecule has 1 heterocycles. The number of hydrogen-bond acceptors (Lipinski definition) is 5. The van der Waals surface area contributed by atoms with Gasteiger partial charge >= 0.3 is 5.97 Å². The summed E-state index contributed by atoms with van der Waals surface area (Å²) in [6.45, 7) is -0.378. The smallest absolute Gasteiger partial charge is 0.331 e. The lowest BCUT2D eigenvalue weighted by Gasteiger charge is -2.28. The van der Waals surface area contributed by atoms with Crippen molar-refractivity contribution in [1.29, 1.82) is 0 Å². The van der Waals surface area contributed by atoms with Crippen LogP contribution in [0.25, 0.3) is 6.08 Å². The van der Waals surface area contributed by atoms with Crippen molar-refractivity contribution in [3.63, 3.8) is 0 Å². The highest BCUT2D eigenvalue weighted by molar-refractivity contribution is 7.91. The van der Waals surface area contributed by atoms with Crippen LogP contribution >= 0.6 is 11.6 Å². The molecule has 1 aromatic carbocycles. The number of halogens is 1. The summed E-state index contributed by atoms with van der Waals surface area (Å²) in [5.74, 6) is -0.844. The molecule has 1 aliphatic heterocycles. The van der Waals surface area contributed by atoms with E-state index in [-0.39, 0.29) is 36.1 Å². The molecule has 26 heavy (non-hydrogen) atoms. The average Bonchev–Trinajstić information content (AvgIpc) is 3.36. The van der Waals surface area contributed by atoms with Crippen molar-refractivity contribution in [1.82, 2.24) is 4.90 Å². The molecule has 0 N–H and O–H groups in total. The summed E-state index contributed by atoms with van der Waals surface area (Å²) in [6.07, 6.45) is 5.01. The SMILES string of the molecule is O=C(/C=C/c1ccc(Cl)cc1)OCC(=O)N(C1CC1)[C@@H]1CCS(=O)(=O)C1. The van der Waals surface area contributed by atoms with Gasteiger partial charge in [-0.05, 0) is 43.0 Å². The lowest BCUT2D eigenvalue weighted by molar-refractivity contribution is -0.149. The number of carbonyl (C=O) groups excluding carboxylic acids is 2. The van der Waals surface area contributed by atoms with Gasteiger partial charge in [-0.1, -0.05) is 23.7 Å². The molecule has 1 amide bonds. The molecule has 1 aliphatic carbocycles. The second-order valence-corrected chi connectivity index (χ2v) is 9.25. The number of sulfone groups is 1. The van der Waals surface area contributed by atoms with Crippen LogP contribution in [0.4, 0.5) is 0 Å². The number of benzene rings is 1. The standard InChI is InChI=1S/C18H20ClNO5S/c19-14-4-1-13(2-5-14)3-8-18(22)25-11-17(21)20(15-6-7-15)16-9-10-26(23,24)12-16/h1-5,8,15-16H,6-7,9-12H2/b8-3+/t16-/m1/s1. The van der Waals surface area contributed by atoms with Gasteiger partial charge in [-0.15, -0.1) is 0 Å². The van der Waals surface area contributed by atoms with Gasteiger partial charge in [0.25, 0.3) is 5.91 Å². The Labute approximate surface area is 157 Å². The molecule has 3 rings (SSSR count). The summed E-state index contributed by atoms with van der Waals surface area (Å²) in [5, 5.41) is 0.601. The van der Waals surface area contributed by atoms with E-state index in [0.29, 0.717) is 11.4 Å². The first-order valence-corrected chi connectivity index (χ1v) is 10.7. The molecule has 1 aromatic rings. The zero-order chi connectivity index (χ0) is 18.7. The van der Waals surface area contributed by atoms with E-state index in [9.17, 15) is 18.0 Å². The van der Waals surface area contributed by atoms with E-state index in [1.807, 2.05) is 0 Å². The Morgan fingerprint density at radius 1 is 1.15 bits per heavy atom. The molecule has 0 bridgehead atoms. The van der Waals surface area contributed by atoms with E-state index in [4.69, 9.17) is 16.3 Å². The Kier molecular flexibility index (Phi) is 5.67. The summed E-state index contributed by atoms with van der Waals surface area (Å²) in [5.41, 5.74) is 0.786. The third kappa shape index (κ3) is 5.08. The molecule has 1 atom stereocenters. The third-order valence-corrected chi connectivity index (χ3v) is 6.45. The maximum Gasteiger partial charge on any atom is 0.331 e. The van der Waals surface area contributed by atoms with Crippen LogP contribution in [0.1, 0.15) is 24.8 Å². The molecule has 140 valence electrons. The van der Waals surface area contributed by atoms with Gasteiger partial charge < -0.3 is 9.64 Å². The van der Waals surface area contributed by atoms with Crippen molar-refractivity contribution in [2.24, 2.45) is 0 Å². The van der Waals surface area contributed by atoms with Crippen LogP contribution in [0.5, 0.6) is 0 Å². The number of nitrogens with zero attached hydrogens (tertiary/aromatic N) is 1. The van der Waals surface area contributed by atoms with Gasteiger partial charge in [0.2, 0.25) is 0 Å². The summed E-state index contributed by atoms with van der Waals surface area (Å²) < 4.78 is 28.4. The van der Waals surface area contributed by atoms with Gasteiger partial charge in [0.05, 0.1) is 11.5 Å². The minimum atomic E-state index is -3.08. The fraction of sp³-hybridized carbons (Fsp3) is 0.444. The first-order chi connectivity index (χ1) is 12.3. The number of carbonyl (C=O) groups is 2. The lowest BCUT2D eigenvalue weighted by atomic mass is 10.2. The van der Waals surface area contributed by atoms with Gasteiger partial charge in [-0.3, -0.25) is 4.79 Å². The lowest BCUT2D eigenvalue weighted by Crippen LogP contribution is -2.44. The van der Waals surface area contributed by atoms with Crippen LogP contribution in [-0.2, 0) is 24.2 Å².